The van der Waals surface area contributed by atoms with E-state index < -0.39 is 29.3 Å². The summed E-state index contributed by atoms with van der Waals surface area (Å²) < 4.78 is 16.8. The fraction of sp³-hybridized carbons (Fsp3) is 0.393. The van der Waals surface area contributed by atoms with E-state index >= 15 is 0 Å². The van der Waals surface area contributed by atoms with Crippen molar-refractivity contribution in [1.82, 2.24) is 5.32 Å². The molecular formula is C28H33NO6. The number of esters is 1. The van der Waals surface area contributed by atoms with Crippen molar-refractivity contribution in [1.29, 1.82) is 0 Å². The summed E-state index contributed by atoms with van der Waals surface area (Å²) in [4.78, 5) is 38.3. The first-order chi connectivity index (χ1) is 16.4. The zero-order valence-corrected chi connectivity index (χ0v) is 21.4. The van der Waals surface area contributed by atoms with Gasteiger partial charge in [0.25, 0.3) is 0 Å². The molecule has 1 atom stereocenters. The first-order valence-corrected chi connectivity index (χ1v) is 11.7. The van der Waals surface area contributed by atoms with E-state index in [4.69, 9.17) is 13.9 Å². The van der Waals surface area contributed by atoms with Crippen LogP contribution < -0.4 is 15.7 Å². The van der Waals surface area contributed by atoms with Crippen molar-refractivity contribution >= 4 is 23.0 Å². The second-order valence-corrected chi connectivity index (χ2v) is 10.1. The van der Waals surface area contributed by atoms with Crippen molar-refractivity contribution < 1.29 is 23.5 Å². The van der Waals surface area contributed by atoms with Crippen LogP contribution in [-0.2, 0) is 16.0 Å². The Bertz CT molecular complexity index is 1280. The quantitative estimate of drug-likeness (QED) is 0.287. The highest BCUT2D eigenvalue weighted by Crippen LogP contribution is 2.32. The van der Waals surface area contributed by atoms with Crippen LogP contribution in [0.2, 0.25) is 0 Å². The fourth-order valence-electron chi connectivity index (χ4n) is 3.83. The third-order valence-electron chi connectivity index (χ3n) is 5.51. The lowest BCUT2D eigenvalue weighted by molar-refractivity contribution is -0.137. The molecule has 1 amide bonds. The summed E-state index contributed by atoms with van der Waals surface area (Å²) in [5, 5.41) is 3.16. The molecule has 0 radical (unpaired) electrons. The van der Waals surface area contributed by atoms with E-state index in [9.17, 15) is 14.4 Å². The summed E-state index contributed by atoms with van der Waals surface area (Å²) in [5.74, 6) is -0.607. The van der Waals surface area contributed by atoms with Crippen LogP contribution in [0.4, 0.5) is 4.79 Å². The summed E-state index contributed by atoms with van der Waals surface area (Å²) in [6.07, 6.45) is -0.310. The molecule has 0 saturated heterocycles. The summed E-state index contributed by atoms with van der Waals surface area (Å²) in [7, 11) is 0. The van der Waals surface area contributed by atoms with Gasteiger partial charge in [-0.3, -0.25) is 0 Å². The topological polar surface area (TPSA) is 94.8 Å². The Morgan fingerprint density at radius 2 is 1.71 bits per heavy atom. The molecule has 0 aliphatic rings. The Balaban J connectivity index is 1.99. The minimum atomic E-state index is -0.930. The van der Waals surface area contributed by atoms with Gasteiger partial charge in [-0.25, -0.2) is 14.4 Å². The van der Waals surface area contributed by atoms with Gasteiger partial charge in [-0.1, -0.05) is 44.2 Å². The lowest BCUT2D eigenvalue weighted by Crippen LogP contribution is -2.48. The molecule has 0 spiro atoms. The lowest BCUT2D eigenvalue weighted by Gasteiger charge is -2.25. The lowest BCUT2D eigenvalue weighted by atomic mass is 9.98. The highest BCUT2D eigenvalue weighted by molar-refractivity contribution is 5.92. The molecule has 1 N–H and O–H groups in total. The van der Waals surface area contributed by atoms with Crippen LogP contribution in [0.25, 0.3) is 11.0 Å². The zero-order chi connectivity index (χ0) is 25.9. The van der Waals surface area contributed by atoms with Gasteiger partial charge in [-0.2, -0.15) is 0 Å². The maximum atomic E-state index is 13.2. The van der Waals surface area contributed by atoms with E-state index in [1.54, 1.807) is 46.8 Å². The largest absolute Gasteiger partial charge is 0.444 e. The average Bonchev–Trinajstić information content (AvgIpc) is 2.73. The number of fused-ring (bicyclic) bond motifs is 1. The fourth-order valence-corrected chi connectivity index (χ4v) is 3.83. The molecule has 3 aromatic rings. The Hall–Kier alpha value is -3.61. The average molecular weight is 480 g/mol. The second-order valence-electron chi connectivity index (χ2n) is 10.1. The van der Waals surface area contributed by atoms with E-state index in [2.05, 4.69) is 5.32 Å². The minimum absolute atomic E-state index is 0.251. The predicted octanol–water partition coefficient (Wildman–Crippen LogP) is 5.46. The number of benzene rings is 2. The van der Waals surface area contributed by atoms with E-state index in [0.717, 1.165) is 11.1 Å². The van der Waals surface area contributed by atoms with Crippen molar-refractivity contribution in [2.24, 2.45) is 5.92 Å². The maximum absolute atomic E-state index is 13.2. The number of carbonyl (C=O) groups is 2. The van der Waals surface area contributed by atoms with Crippen LogP contribution in [-0.4, -0.2) is 23.7 Å². The number of ether oxygens (including phenoxy) is 2. The second kappa shape index (κ2) is 10.3. The molecule has 0 fully saturated rings. The van der Waals surface area contributed by atoms with E-state index in [1.807, 2.05) is 44.2 Å². The van der Waals surface area contributed by atoms with Crippen molar-refractivity contribution in [2.45, 2.75) is 66.5 Å². The Morgan fingerprint density at radius 3 is 2.31 bits per heavy atom. The highest BCUT2D eigenvalue weighted by Gasteiger charge is 2.29. The zero-order valence-electron chi connectivity index (χ0n) is 21.4. The molecule has 35 heavy (non-hydrogen) atoms. The Morgan fingerprint density at radius 1 is 1.06 bits per heavy atom. The number of rotatable bonds is 6. The molecule has 0 bridgehead atoms. The van der Waals surface area contributed by atoms with E-state index in [0.29, 0.717) is 28.5 Å². The highest BCUT2D eigenvalue weighted by atomic mass is 16.6. The molecule has 0 unspecified atom stereocenters. The molecule has 3 rings (SSSR count). The number of aryl methyl sites for hydroxylation is 2. The van der Waals surface area contributed by atoms with Crippen LogP contribution in [0.15, 0.2) is 51.7 Å². The standard InChI is InChI=1S/C28H33NO6/c1-16(2)24(29-27(32)35-28(5,6)7)26(31)34-22-14-17(3)13-21-23(22)18(4)20(25(30)33-21)15-19-11-9-8-10-12-19/h8-14,16,24H,15H2,1-7H3,(H,29,32)/t24-/m1/s1. The van der Waals surface area contributed by atoms with Gasteiger partial charge >= 0.3 is 17.7 Å². The van der Waals surface area contributed by atoms with Crippen molar-refractivity contribution in [3.8, 4) is 5.75 Å². The summed E-state index contributed by atoms with van der Waals surface area (Å²) >= 11 is 0. The normalized spacial score (nSPS) is 12.5. The van der Waals surface area contributed by atoms with Gasteiger partial charge in [0.15, 0.2) is 0 Å². The first-order valence-electron chi connectivity index (χ1n) is 11.7. The molecule has 0 aliphatic heterocycles. The Kier molecular flexibility index (Phi) is 7.68. The molecule has 7 heteroatoms. The molecule has 186 valence electrons. The van der Waals surface area contributed by atoms with Gasteiger partial charge in [-0.15, -0.1) is 0 Å². The smallest absolute Gasteiger partial charge is 0.408 e. The van der Waals surface area contributed by atoms with Crippen molar-refractivity contribution in [3.63, 3.8) is 0 Å². The predicted molar refractivity (Wildman–Crippen MR) is 135 cm³/mol. The number of carbonyl (C=O) groups excluding carboxylic acids is 2. The first kappa shape index (κ1) is 26.0. The molecule has 1 heterocycles. The van der Waals surface area contributed by atoms with Crippen LogP contribution in [0.1, 0.15) is 56.9 Å². The van der Waals surface area contributed by atoms with E-state index in [1.165, 1.54) is 0 Å². The van der Waals surface area contributed by atoms with E-state index in [-0.39, 0.29) is 11.7 Å². The summed E-state index contributed by atoms with van der Waals surface area (Å²) in [6.45, 7) is 12.5. The number of alkyl carbamates (subject to hydrolysis) is 1. The third-order valence-corrected chi connectivity index (χ3v) is 5.51. The SMILES string of the molecule is Cc1cc(OC(=O)[C@H](NC(=O)OC(C)(C)C)C(C)C)c2c(C)c(Cc3ccccc3)c(=O)oc2c1. The van der Waals surface area contributed by atoms with Crippen molar-refractivity contribution in [2.75, 3.05) is 0 Å². The molecule has 7 nitrogen and oxygen atoms in total. The van der Waals surface area contributed by atoms with Crippen LogP contribution in [0, 0.1) is 19.8 Å². The number of nitrogens with one attached hydrogen (secondary N) is 1. The Labute approximate surface area is 205 Å². The van der Waals surface area contributed by atoms with Crippen LogP contribution >= 0.6 is 0 Å². The maximum Gasteiger partial charge on any atom is 0.408 e. The minimum Gasteiger partial charge on any atom is -0.444 e. The van der Waals surface area contributed by atoms with Gasteiger partial charge in [0, 0.05) is 12.0 Å². The number of hydrogen-bond acceptors (Lipinski definition) is 6. The molecule has 0 saturated carbocycles. The van der Waals surface area contributed by atoms with Gasteiger partial charge < -0.3 is 19.2 Å². The molecular weight excluding hydrogens is 446 g/mol. The third kappa shape index (κ3) is 6.50. The summed E-state index contributed by atoms with van der Waals surface area (Å²) in [6, 6.07) is 12.2. The molecule has 1 aromatic heterocycles. The van der Waals surface area contributed by atoms with Gasteiger partial charge in [0.05, 0.1) is 5.39 Å². The number of amides is 1. The van der Waals surface area contributed by atoms with Gasteiger partial charge in [0.2, 0.25) is 0 Å². The monoisotopic (exact) mass is 479 g/mol. The summed E-state index contributed by atoms with van der Waals surface area (Å²) in [5.41, 5.74) is 2.13. The molecule has 2 aromatic carbocycles. The van der Waals surface area contributed by atoms with Crippen LogP contribution in [0.5, 0.6) is 5.75 Å². The van der Waals surface area contributed by atoms with Crippen molar-refractivity contribution in [3.05, 3.63) is 75.1 Å². The molecule has 0 aliphatic carbocycles. The number of hydrogen-bond donors (Lipinski definition) is 1. The van der Waals surface area contributed by atoms with Crippen LogP contribution in [0.3, 0.4) is 0 Å². The van der Waals surface area contributed by atoms with Gasteiger partial charge in [0.1, 0.15) is 23.0 Å². The van der Waals surface area contributed by atoms with Gasteiger partial charge in [-0.05, 0) is 69.4 Å².